The maximum absolute atomic E-state index is 12.0. The molecule has 0 aliphatic heterocycles. The van der Waals surface area contributed by atoms with E-state index in [9.17, 15) is 9.90 Å². The molecule has 86 valence electrons. The third-order valence-corrected chi connectivity index (χ3v) is 5.67. The minimum absolute atomic E-state index is 0.0419. The fourth-order valence-corrected chi connectivity index (χ4v) is 3.99. The Balaban J connectivity index is 2.45. The summed E-state index contributed by atoms with van der Waals surface area (Å²) in [5, 5.41) is 10.7. The maximum Gasteiger partial charge on any atom is 0.164 e. The summed E-state index contributed by atoms with van der Waals surface area (Å²) in [5.74, 6) is 0.559. The molecular formula is C13H22O2. The fraction of sp³-hybridized carbons (Fsp3) is 0.923. The van der Waals surface area contributed by atoms with Crippen LogP contribution in [0.4, 0.5) is 0 Å². The van der Waals surface area contributed by atoms with Crippen molar-refractivity contribution in [2.45, 2.75) is 59.0 Å². The molecule has 2 saturated carbocycles. The number of hydrogen-bond acceptors (Lipinski definition) is 2. The van der Waals surface area contributed by atoms with Gasteiger partial charge >= 0.3 is 0 Å². The number of carbonyl (C=O) groups is 1. The molecule has 2 aliphatic rings. The van der Waals surface area contributed by atoms with Crippen molar-refractivity contribution in [1.29, 1.82) is 0 Å². The van der Waals surface area contributed by atoms with Crippen molar-refractivity contribution >= 4 is 5.78 Å². The van der Waals surface area contributed by atoms with Crippen molar-refractivity contribution < 1.29 is 9.90 Å². The number of hydrogen-bond donors (Lipinski definition) is 1. The quantitative estimate of drug-likeness (QED) is 0.760. The molecule has 2 bridgehead atoms. The topological polar surface area (TPSA) is 37.3 Å². The van der Waals surface area contributed by atoms with Crippen LogP contribution in [0.3, 0.4) is 0 Å². The summed E-state index contributed by atoms with van der Waals surface area (Å²) in [4.78, 5) is 12.0. The van der Waals surface area contributed by atoms with E-state index in [0.717, 1.165) is 6.42 Å². The first-order valence-corrected chi connectivity index (χ1v) is 6.05. The predicted molar refractivity (Wildman–Crippen MR) is 59.5 cm³/mol. The zero-order valence-electron chi connectivity index (χ0n) is 10.3. The zero-order chi connectivity index (χ0) is 11.5. The highest BCUT2D eigenvalue weighted by atomic mass is 16.3. The number of rotatable bonds is 2. The molecule has 0 spiro atoms. The average molecular weight is 210 g/mol. The Morgan fingerprint density at radius 3 is 2.33 bits per heavy atom. The molecule has 0 aromatic carbocycles. The first-order chi connectivity index (χ1) is 6.79. The van der Waals surface area contributed by atoms with Gasteiger partial charge in [0.2, 0.25) is 0 Å². The van der Waals surface area contributed by atoms with Gasteiger partial charge in [-0.05, 0) is 30.6 Å². The number of carbonyl (C=O) groups excluding carboxylic acids is 1. The largest absolute Gasteiger partial charge is 0.381 e. The summed E-state index contributed by atoms with van der Waals surface area (Å²) >= 11 is 0. The number of fused-ring (bicyclic) bond motifs is 2. The van der Waals surface area contributed by atoms with Gasteiger partial charge in [0.1, 0.15) is 5.60 Å². The van der Waals surface area contributed by atoms with Gasteiger partial charge in [0.15, 0.2) is 5.78 Å². The summed E-state index contributed by atoms with van der Waals surface area (Å²) in [6, 6.07) is 0. The molecule has 0 saturated heterocycles. The lowest BCUT2D eigenvalue weighted by molar-refractivity contribution is -0.155. The van der Waals surface area contributed by atoms with Crippen LogP contribution in [0.15, 0.2) is 0 Å². The van der Waals surface area contributed by atoms with Crippen molar-refractivity contribution in [3.8, 4) is 0 Å². The van der Waals surface area contributed by atoms with E-state index in [1.807, 2.05) is 6.92 Å². The van der Waals surface area contributed by atoms with E-state index >= 15 is 0 Å². The Morgan fingerprint density at radius 1 is 1.40 bits per heavy atom. The molecule has 2 heteroatoms. The molecule has 2 nitrogen and oxygen atoms in total. The number of aliphatic hydroxyl groups is 1. The second-order valence-corrected chi connectivity index (χ2v) is 6.13. The lowest BCUT2D eigenvalue weighted by atomic mass is 9.63. The average Bonchev–Trinajstić information content (AvgIpc) is 2.48. The molecule has 0 unspecified atom stereocenters. The van der Waals surface area contributed by atoms with Gasteiger partial charge < -0.3 is 5.11 Å². The molecule has 15 heavy (non-hydrogen) atoms. The summed E-state index contributed by atoms with van der Waals surface area (Å²) < 4.78 is 0. The van der Waals surface area contributed by atoms with Gasteiger partial charge in [0.25, 0.3) is 0 Å². The van der Waals surface area contributed by atoms with Crippen LogP contribution in [-0.4, -0.2) is 16.5 Å². The third kappa shape index (κ3) is 1.01. The van der Waals surface area contributed by atoms with Crippen LogP contribution in [0.1, 0.15) is 53.4 Å². The highest BCUT2D eigenvalue weighted by Gasteiger charge is 2.70. The van der Waals surface area contributed by atoms with E-state index < -0.39 is 5.60 Å². The van der Waals surface area contributed by atoms with Crippen LogP contribution in [-0.2, 0) is 4.79 Å². The minimum atomic E-state index is -1.05. The molecule has 0 amide bonds. The molecule has 3 atom stereocenters. The van der Waals surface area contributed by atoms with E-state index in [-0.39, 0.29) is 16.6 Å². The van der Waals surface area contributed by atoms with Gasteiger partial charge in [-0.3, -0.25) is 4.79 Å². The monoisotopic (exact) mass is 210 g/mol. The zero-order valence-corrected chi connectivity index (χ0v) is 10.3. The molecule has 0 aromatic rings. The highest BCUT2D eigenvalue weighted by molar-refractivity contribution is 5.88. The van der Waals surface area contributed by atoms with Gasteiger partial charge in [0.05, 0.1) is 0 Å². The number of ketones is 1. The SMILES string of the molecule is CCC(=O)[C@@]1(O)C[C@H]2CC[C@]1(C)C2(C)C. The molecule has 2 fully saturated rings. The second-order valence-electron chi connectivity index (χ2n) is 6.13. The van der Waals surface area contributed by atoms with E-state index in [1.165, 1.54) is 6.42 Å². The summed E-state index contributed by atoms with van der Waals surface area (Å²) in [5.41, 5.74) is -1.15. The van der Waals surface area contributed by atoms with Crippen LogP contribution in [0, 0.1) is 16.7 Å². The Morgan fingerprint density at radius 2 is 2.00 bits per heavy atom. The Bertz CT molecular complexity index is 308. The van der Waals surface area contributed by atoms with E-state index in [2.05, 4.69) is 20.8 Å². The molecule has 0 radical (unpaired) electrons. The van der Waals surface area contributed by atoms with Crippen LogP contribution < -0.4 is 0 Å². The predicted octanol–water partition coefficient (Wildman–Crippen LogP) is 2.54. The van der Waals surface area contributed by atoms with Gasteiger partial charge in [-0.15, -0.1) is 0 Å². The van der Waals surface area contributed by atoms with Crippen LogP contribution in [0.2, 0.25) is 0 Å². The lowest BCUT2D eigenvalue weighted by Crippen LogP contribution is -2.52. The van der Waals surface area contributed by atoms with Crippen molar-refractivity contribution in [3.05, 3.63) is 0 Å². The summed E-state index contributed by atoms with van der Waals surface area (Å²) in [6.45, 7) is 8.38. The van der Waals surface area contributed by atoms with Crippen molar-refractivity contribution in [1.82, 2.24) is 0 Å². The van der Waals surface area contributed by atoms with Gasteiger partial charge in [-0.2, -0.15) is 0 Å². The molecular weight excluding hydrogens is 188 g/mol. The smallest absolute Gasteiger partial charge is 0.164 e. The molecule has 2 aliphatic carbocycles. The van der Waals surface area contributed by atoms with E-state index in [4.69, 9.17) is 0 Å². The van der Waals surface area contributed by atoms with Gasteiger partial charge in [-0.25, -0.2) is 0 Å². The second kappa shape index (κ2) is 2.85. The van der Waals surface area contributed by atoms with Gasteiger partial charge in [0, 0.05) is 11.8 Å². The summed E-state index contributed by atoms with van der Waals surface area (Å²) in [6.07, 6.45) is 3.30. The molecule has 0 aromatic heterocycles. The van der Waals surface area contributed by atoms with E-state index in [1.54, 1.807) is 0 Å². The van der Waals surface area contributed by atoms with Crippen LogP contribution in [0.5, 0.6) is 0 Å². The van der Waals surface area contributed by atoms with Gasteiger partial charge in [-0.1, -0.05) is 27.7 Å². The Labute approximate surface area is 92.1 Å². The van der Waals surface area contributed by atoms with Crippen LogP contribution >= 0.6 is 0 Å². The molecule has 0 heterocycles. The lowest BCUT2D eigenvalue weighted by Gasteiger charge is -2.44. The fourth-order valence-electron chi connectivity index (χ4n) is 3.99. The maximum atomic E-state index is 12.0. The van der Waals surface area contributed by atoms with Crippen molar-refractivity contribution in [2.75, 3.05) is 0 Å². The first-order valence-electron chi connectivity index (χ1n) is 6.05. The third-order valence-electron chi connectivity index (χ3n) is 5.67. The van der Waals surface area contributed by atoms with Crippen LogP contribution in [0.25, 0.3) is 0 Å². The summed E-state index contributed by atoms with van der Waals surface area (Å²) in [7, 11) is 0. The Hall–Kier alpha value is -0.370. The van der Waals surface area contributed by atoms with E-state index in [0.29, 0.717) is 18.8 Å². The minimum Gasteiger partial charge on any atom is -0.381 e. The highest BCUT2D eigenvalue weighted by Crippen LogP contribution is 2.69. The first kappa shape index (κ1) is 11.1. The van der Waals surface area contributed by atoms with Crippen molar-refractivity contribution in [2.24, 2.45) is 16.7 Å². The Kier molecular flexibility index (Phi) is 2.11. The number of Topliss-reactive ketones (excluding diaryl/α,β-unsaturated/α-hetero) is 1. The normalized spacial score (nSPS) is 47.1. The standard InChI is InChI=1S/C13H22O2/c1-5-10(14)13(15)8-9-6-7-12(13,4)11(9,2)3/h9,15H,5-8H2,1-4H3/t9-,12-,13+/m1/s1. The van der Waals surface area contributed by atoms with Crippen molar-refractivity contribution in [3.63, 3.8) is 0 Å². The molecule has 1 N–H and O–H groups in total. The molecule has 2 rings (SSSR count).